The molecule has 0 saturated carbocycles. The monoisotopic (exact) mass is 342 g/mol. The molecule has 0 amide bonds. The molecule has 0 bridgehead atoms. The molecular weight excluding hydrogens is 328 g/mol. The van der Waals surface area contributed by atoms with E-state index in [0.717, 1.165) is 42.5 Å². The highest BCUT2D eigenvalue weighted by atomic mass is 32.1. The Bertz CT molecular complexity index is 1280. The summed E-state index contributed by atoms with van der Waals surface area (Å²) in [6.07, 6.45) is 0. The number of nitrogens with two attached hydrogens (primary N) is 1. The second-order valence-electron chi connectivity index (χ2n) is 6.03. The van der Waals surface area contributed by atoms with Gasteiger partial charge in [-0.1, -0.05) is 36.4 Å². The number of anilines is 1. The van der Waals surface area contributed by atoms with Crippen molar-refractivity contribution >= 4 is 54.8 Å². The highest BCUT2D eigenvalue weighted by Gasteiger charge is 2.16. The van der Waals surface area contributed by atoms with E-state index in [1.165, 1.54) is 0 Å². The fourth-order valence-electron chi connectivity index (χ4n) is 3.26. The smallest absolute Gasteiger partial charge is 0.135 e. The van der Waals surface area contributed by atoms with Gasteiger partial charge in [-0.05, 0) is 30.3 Å². The van der Waals surface area contributed by atoms with Crippen LogP contribution >= 0.6 is 11.3 Å². The van der Waals surface area contributed by atoms with Crippen molar-refractivity contribution in [3.63, 3.8) is 0 Å². The van der Waals surface area contributed by atoms with Crippen molar-refractivity contribution in [2.24, 2.45) is 0 Å². The fraction of sp³-hybridized carbons (Fsp3) is 0. The molecular formula is C21H14N2OS. The third-order valence-electron chi connectivity index (χ3n) is 4.53. The molecule has 0 fully saturated rings. The highest BCUT2D eigenvalue weighted by Crippen LogP contribution is 2.36. The lowest BCUT2D eigenvalue weighted by molar-refractivity contribution is 0.669. The Morgan fingerprint density at radius 2 is 1.56 bits per heavy atom. The van der Waals surface area contributed by atoms with E-state index in [-0.39, 0.29) is 0 Å². The summed E-state index contributed by atoms with van der Waals surface area (Å²) in [4.78, 5) is 0.813. The standard InChI is InChI=1S/C21H14N2OS/c22-19(21-20(23)14-6-2-4-8-18(14)25-21)12-9-10-17-15(11-12)13-5-1-3-7-16(13)24-17/h1-11,22H,23H2. The lowest BCUT2D eigenvalue weighted by Crippen LogP contribution is -2.01. The van der Waals surface area contributed by atoms with Crippen molar-refractivity contribution < 1.29 is 4.42 Å². The molecule has 0 atom stereocenters. The average molecular weight is 342 g/mol. The first-order valence-corrected chi connectivity index (χ1v) is 8.81. The molecule has 5 aromatic rings. The molecule has 0 aliphatic carbocycles. The molecule has 3 nitrogen and oxygen atoms in total. The molecule has 5 rings (SSSR count). The molecule has 25 heavy (non-hydrogen) atoms. The number of benzene rings is 3. The Morgan fingerprint density at radius 1 is 0.840 bits per heavy atom. The second kappa shape index (κ2) is 5.19. The van der Waals surface area contributed by atoms with E-state index in [1.807, 2.05) is 66.7 Å². The molecule has 0 unspecified atom stereocenters. The lowest BCUT2D eigenvalue weighted by Gasteiger charge is -2.03. The highest BCUT2D eigenvalue weighted by molar-refractivity contribution is 7.21. The van der Waals surface area contributed by atoms with Gasteiger partial charge >= 0.3 is 0 Å². The summed E-state index contributed by atoms with van der Waals surface area (Å²) in [6.45, 7) is 0. The van der Waals surface area contributed by atoms with Gasteiger partial charge in [-0.3, -0.25) is 5.41 Å². The quantitative estimate of drug-likeness (QED) is 0.398. The molecule has 0 aliphatic rings. The van der Waals surface area contributed by atoms with Crippen LogP contribution in [-0.4, -0.2) is 5.71 Å². The minimum atomic E-state index is 0.450. The summed E-state index contributed by atoms with van der Waals surface area (Å²) in [5, 5.41) is 11.8. The van der Waals surface area contributed by atoms with Crippen LogP contribution in [0.4, 0.5) is 5.69 Å². The maximum atomic E-state index is 8.68. The zero-order valence-electron chi connectivity index (χ0n) is 13.2. The number of para-hydroxylation sites is 1. The summed E-state index contributed by atoms with van der Waals surface area (Å²) < 4.78 is 6.98. The predicted molar refractivity (Wildman–Crippen MR) is 106 cm³/mol. The Labute approximate surface area is 147 Å². The van der Waals surface area contributed by atoms with Gasteiger partial charge < -0.3 is 10.2 Å². The van der Waals surface area contributed by atoms with Crippen molar-refractivity contribution in [1.82, 2.24) is 0 Å². The van der Waals surface area contributed by atoms with Crippen LogP contribution in [0.15, 0.2) is 71.1 Å². The van der Waals surface area contributed by atoms with Crippen LogP contribution in [0.25, 0.3) is 32.0 Å². The molecule has 0 saturated heterocycles. The van der Waals surface area contributed by atoms with Gasteiger partial charge in [0.15, 0.2) is 0 Å². The van der Waals surface area contributed by atoms with Gasteiger partial charge in [0, 0.05) is 26.4 Å². The maximum Gasteiger partial charge on any atom is 0.135 e. The van der Waals surface area contributed by atoms with Gasteiger partial charge in [0.2, 0.25) is 0 Å². The van der Waals surface area contributed by atoms with Crippen LogP contribution in [-0.2, 0) is 0 Å². The number of hydrogen-bond donors (Lipinski definition) is 2. The summed E-state index contributed by atoms with van der Waals surface area (Å²) in [6, 6.07) is 21.9. The van der Waals surface area contributed by atoms with Crippen LogP contribution in [0.2, 0.25) is 0 Å². The zero-order valence-corrected chi connectivity index (χ0v) is 14.1. The maximum absolute atomic E-state index is 8.68. The van der Waals surface area contributed by atoms with E-state index < -0.39 is 0 Å². The Balaban J connectivity index is 1.70. The van der Waals surface area contributed by atoms with Gasteiger partial charge in [0.1, 0.15) is 11.2 Å². The van der Waals surface area contributed by atoms with E-state index in [2.05, 4.69) is 0 Å². The molecule has 2 aromatic heterocycles. The zero-order chi connectivity index (χ0) is 17.0. The number of rotatable bonds is 2. The Hall–Kier alpha value is -3.11. The van der Waals surface area contributed by atoms with Gasteiger partial charge in [0.05, 0.1) is 16.3 Å². The minimum absolute atomic E-state index is 0.450. The van der Waals surface area contributed by atoms with Gasteiger partial charge in [0.25, 0.3) is 0 Å². The van der Waals surface area contributed by atoms with E-state index in [4.69, 9.17) is 15.6 Å². The molecule has 0 spiro atoms. The largest absolute Gasteiger partial charge is 0.456 e. The van der Waals surface area contributed by atoms with Crippen molar-refractivity contribution in [2.45, 2.75) is 0 Å². The van der Waals surface area contributed by atoms with Crippen LogP contribution in [0, 0.1) is 5.41 Å². The van der Waals surface area contributed by atoms with E-state index in [0.29, 0.717) is 11.4 Å². The molecule has 0 aliphatic heterocycles. The van der Waals surface area contributed by atoms with Gasteiger partial charge in [-0.2, -0.15) is 0 Å². The molecule has 2 heterocycles. The van der Waals surface area contributed by atoms with Crippen LogP contribution < -0.4 is 5.73 Å². The normalized spacial score (nSPS) is 11.5. The van der Waals surface area contributed by atoms with Crippen LogP contribution in [0.1, 0.15) is 10.4 Å². The summed E-state index contributed by atoms with van der Waals surface area (Å²) in [5.74, 6) is 0. The number of nitrogen functional groups attached to an aromatic ring is 1. The van der Waals surface area contributed by atoms with Crippen molar-refractivity contribution in [3.05, 3.63) is 77.2 Å². The summed E-state index contributed by atoms with van der Waals surface area (Å²) in [7, 11) is 0. The first-order valence-electron chi connectivity index (χ1n) is 8.00. The molecule has 120 valence electrons. The molecule has 3 N–H and O–H groups in total. The number of thiophene rings is 1. The molecule has 0 radical (unpaired) electrons. The summed E-state index contributed by atoms with van der Waals surface area (Å²) in [5.41, 5.74) is 9.99. The van der Waals surface area contributed by atoms with E-state index in [9.17, 15) is 0 Å². The first kappa shape index (κ1) is 14.3. The van der Waals surface area contributed by atoms with Gasteiger partial charge in [-0.15, -0.1) is 11.3 Å². The van der Waals surface area contributed by atoms with Crippen molar-refractivity contribution in [3.8, 4) is 0 Å². The molecule has 3 aromatic carbocycles. The lowest BCUT2D eigenvalue weighted by atomic mass is 10.0. The number of fused-ring (bicyclic) bond motifs is 4. The van der Waals surface area contributed by atoms with Crippen LogP contribution in [0.3, 0.4) is 0 Å². The first-order chi connectivity index (χ1) is 12.2. The summed E-state index contributed by atoms with van der Waals surface area (Å²) >= 11 is 1.56. The minimum Gasteiger partial charge on any atom is -0.456 e. The SMILES string of the molecule is N=C(c1ccc2oc3ccccc3c2c1)c1sc2ccccc2c1N. The topological polar surface area (TPSA) is 63.0 Å². The number of nitrogens with one attached hydrogen (secondary N) is 1. The van der Waals surface area contributed by atoms with Crippen molar-refractivity contribution in [1.29, 1.82) is 5.41 Å². The fourth-order valence-corrected chi connectivity index (χ4v) is 4.36. The Kier molecular flexibility index (Phi) is 2.96. The number of furan rings is 1. The molecule has 4 heteroatoms. The van der Waals surface area contributed by atoms with E-state index in [1.54, 1.807) is 11.3 Å². The third kappa shape index (κ3) is 2.08. The second-order valence-corrected chi connectivity index (χ2v) is 7.08. The van der Waals surface area contributed by atoms with Crippen LogP contribution in [0.5, 0.6) is 0 Å². The van der Waals surface area contributed by atoms with Crippen molar-refractivity contribution in [2.75, 3.05) is 5.73 Å². The average Bonchev–Trinajstić information content (AvgIpc) is 3.19. The predicted octanol–water partition coefficient (Wildman–Crippen LogP) is 5.80. The number of hydrogen-bond acceptors (Lipinski definition) is 4. The van der Waals surface area contributed by atoms with E-state index >= 15 is 0 Å². The third-order valence-corrected chi connectivity index (χ3v) is 5.73. The van der Waals surface area contributed by atoms with Gasteiger partial charge in [-0.25, -0.2) is 0 Å². The Morgan fingerprint density at radius 3 is 2.40 bits per heavy atom.